The molecule has 122 heavy (non-hydrogen) atoms. The van der Waals surface area contributed by atoms with Crippen LogP contribution in [0, 0.1) is 17.8 Å². The number of phenolic OH excluding ortho intramolecular Hbond substituents is 1. The van der Waals surface area contributed by atoms with Crippen LogP contribution in [0.1, 0.15) is 137 Å². The minimum atomic E-state index is -2.06. The van der Waals surface area contributed by atoms with Crippen LogP contribution < -0.4 is 86.3 Å². The Balaban J connectivity index is 1.51. The highest BCUT2D eigenvalue weighted by Gasteiger charge is 2.43. The predicted octanol–water partition coefficient (Wildman–Crippen LogP) is -7.34. The molecule has 19 atom stereocenters. The number of carbonyl (C=O) groups excluding carboxylic acids is 14. The number of likely N-dealkylation sites (tertiary alicyclic amines) is 1. The van der Waals surface area contributed by atoms with Crippen LogP contribution in [0.2, 0.25) is 0 Å². The maximum Gasteiger partial charge on any atom is 0.328 e. The van der Waals surface area contributed by atoms with Gasteiger partial charge < -0.3 is 137 Å². The lowest BCUT2D eigenvalue weighted by Crippen LogP contribution is -2.62. The Morgan fingerprint density at radius 1 is 0.508 bits per heavy atom. The third-order valence-corrected chi connectivity index (χ3v) is 19.7. The SMILES string of the molecule is CC[C@H](C)[C@H](NC(=O)[C@H](CC(C)C)NC(=O)[C@H](Cc1cnc[nH]1)NC(=O)[C@H](C)NC(=O)[C@H](CC(C)C)NC(=O)[C@H](CC(=O)O)NC(=O)[C@H](CO)NC(=O)[C@H](CCCN=C(N)N)NC(=O)[C@@H]1CCCN1C(=O)[C@H](CO)NC(=O)[C@H](Cc1ccccc1)NC(=O)[C@@H](NC(=O)[C@@H](N)Cc1ccc(O)cc1)[C@@H](C)O)C(=O)N[C@H](C(=O)N[C@H](C(=O)O)[C@@H](C)O)[C@@H](C)O. The van der Waals surface area contributed by atoms with E-state index in [9.17, 15) is 118 Å². The molecule has 1 aliphatic heterocycles. The van der Waals surface area contributed by atoms with Crippen LogP contribution in [-0.4, -0.2) is 292 Å². The lowest BCUT2D eigenvalue weighted by molar-refractivity contribution is -0.146. The molecule has 0 saturated carbocycles. The van der Waals surface area contributed by atoms with E-state index in [1.807, 2.05) is 0 Å². The van der Waals surface area contributed by atoms with Gasteiger partial charge in [0.05, 0.1) is 50.3 Å². The molecule has 1 fully saturated rings. The van der Waals surface area contributed by atoms with Gasteiger partial charge >= 0.3 is 11.9 Å². The number of aliphatic hydroxyl groups is 5. The highest BCUT2D eigenvalue weighted by molar-refractivity contribution is 6.01. The maximum atomic E-state index is 14.4. The number of phenols is 1. The van der Waals surface area contributed by atoms with Crippen molar-refractivity contribution in [1.82, 2.24) is 84.0 Å². The summed E-state index contributed by atoms with van der Waals surface area (Å²) in [6.45, 7) is 12.1. The fourth-order valence-electron chi connectivity index (χ4n) is 12.8. The molecule has 0 spiro atoms. The molecule has 1 aromatic heterocycles. The number of guanidine groups is 1. The molecule has 44 nitrogen and oxygen atoms in total. The van der Waals surface area contributed by atoms with Crippen LogP contribution in [0.15, 0.2) is 72.1 Å². The van der Waals surface area contributed by atoms with E-state index in [2.05, 4.69) is 84.1 Å². The zero-order valence-electron chi connectivity index (χ0n) is 69.8. The van der Waals surface area contributed by atoms with Crippen molar-refractivity contribution in [1.29, 1.82) is 0 Å². The molecule has 2 heterocycles. The number of H-pyrrole nitrogens is 1. The summed E-state index contributed by atoms with van der Waals surface area (Å²) in [4.78, 5) is 233. The second kappa shape index (κ2) is 50.3. The number of carboxylic acids is 2. The van der Waals surface area contributed by atoms with Gasteiger partial charge in [-0.05, 0) is 114 Å². The third kappa shape index (κ3) is 33.5. The number of aliphatic imine (C=N–C) groups is 1. The molecule has 14 amide bonds. The minimum absolute atomic E-state index is 0.0315. The monoisotopic (exact) mass is 1720 g/mol. The van der Waals surface area contributed by atoms with E-state index in [4.69, 9.17) is 17.2 Å². The number of aliphatic hydroxyl groups excluding tert-OH is 5. The number of nitrogens with one attached hydrogen (secondary N) is 14. The number of nitrogens with two attached hydrogens (primary N) is 3. The lowest BCUT2D eigenvalue weighted by atomic mass is 9.96. The number of benzene rings is 2. The van der Waals surface area contributed by atoms with Gasteiger partial charge in [-0.3, -0.25) is 76.9 Å². The fourth-order valence-corrected chi connectivity index (χ4v) is 12.8. The van der Waals surface area contributed by atoms with E-state index in [1.165, 1.54) is 50.6 Å². The molecule has 0 unspecified atom stereocenters. The van der Waals surface area contributed by atoms with Crippen molar-refractivity contribution >= 4 is 101 Å². The molecule has 2 aromatic carbocycles. The molecule has 3 aromatic rings. The molecule has 0 bridgehead atoms. The van der Waals surface area contributed by atoms with Crippen molar-refractivity contribution < 1.29 is 118 Å². The van der Waals surface area contributed by atoms with Gasteiger partial charge in [-0.2, -0.15) is 0 Å². The first kappa shape index (κ1) is 102. The van der Waals surface area contributed by atoms with Crippen LogP contribution in [0.5, 0.6) is 5.75 Å². The Kier molecular flexibility index (Phi) is 42.2. The summed E-state index contributed by atoms with van der Waals surface area (Å²) in [5, 5.41) is 113. The highest BCUT2D eigenvalue weighted by atomic mass is 16.4. The van der Waals surface area contributed by atoms with Gasteiger partial charge in [-0.25, -0.2) is 9.78 Å². The highest BCUT2D eigenvalue weighted by Crippen LogP contribution is 2.21. The average Bonchev–Trinajstić information content (AvgIpc) is 1.62. The van der Waals surface area contributed by atoms with E-state index in [-0.39, 0.29) is 94.9 Å². The first-order valence-electron chi connectivity index (χ1n) is 40.0. The van der Waals surface area contributed by atoms with Gasteiger partial charge in [-0.15, -0.1) is 0 Å². The maximum absolute atomic E-state index is 14.4. The van der Waals surface area contributed by atoms with E-state index in [0.29, 0.717) is 16.8 Å². The molecular weight excluding hydrogens is 1600 g/mol. The average molecular weight is 1720 g/mol. The third-order valence-electron chi connectivity index (χ3n) is 19.7. The summed E-state index contributed by atoms with van der Waals surface area (Å²) in [7, 11) is 0. The number of aromatic hydroxyl groups is 1. The number of hydrogen-bond donors (Lipinski definition) is 25. The van der Waals surface area contributed by atoms with Crippen molar-refractivity contribution in [2.24, 2.45) is 39.9 Å². The number of rotatable bonds is 51. The van der Waals surface area contributed by atoms with Gasteiger partial charge in [0.1, 0.15) is 84.3 Å². The second-order valence-electron chi connectivity index (χ2n) is 30.9. The van der Waals surface area contributed by atoms with Crippen molar-refractivity contribution in [2.45, 2.75) is 249 Å². The summed E-state index contributed by atoms with van der Waals surface area (Å²) >= 11 is 0. The summed E-state index contributed by atoms with van der Waals surface area (Å²) < 4.78 is 0. The van der Waals surface area contributed by atoms with Crippen LogP contribution in [0.25, 0.3) is 0 Å². The normalized spacial score (nSPS) is 17.0. The van der Waals surface area contributed by atoms with Crippen LogP contribution in [0.4, 0.5) is 0 Å². The van der Waals surface area contributed by atoms with Crippen molar-refractivity contribution in [3.8, 4) is 5.75 Å². The van der Waals surface area contributed by atoms with Crippen LogP contribution >= 0.6 is 0 Å². The zero-order valence-corrected chi connectivity index (χ0v) is 69.8. The number of carbonyl (C=O) groups is 16. The first-order valence-corrected chi connectivity index (χ1v) is 40.0. The van der Waals surface area contributed by atoms with Gasteiger partial charge in [0, 0.05) is 37.8 Å². The van der Waals surface area contributed by atoms with Gasteiger partial charge in [0.15, 0.2) is 12.0 Å². The molecule has 676 valence electrons. The van der Waals surface area contributed by atoms with Gasteiger partial charge in [-0.1, -0.05) is 90.4 Å². The molecule has 1 saturated heterocycles. The predicted molar refractivity (Wildman–Crippen MR) is 435 cm³/mol. The van der Waals surface area contributed by atoms with E-state index in [0.717, 1.165) is 18.7 Å². The number of hydrogen-bond acceptors (Lipinski definition) is 25. The summed E-state index contributed by atoms with van der Waals surface area (Å²) in [6.07, 6.45) is -4.10. The number of imidazole rings is 1. The molecule has 44 heteroatoms. The molecule has 4 rings (SSSR count). The lowest BCUT2D eigenvalue weighted by Gasteiger charge is -2.30. The van der Waals surface area contributed by atoms with E-state index >= 15 is 0 Å². The van der Waals surface area contributed by atoms with Gasteiger partial charge in [0.2, 0.25) is 82.7 Å². The Bertz CT molecular complexity index is 4060. The second-order valence-corrected chi connectivity index (χ2v) is 30.9. The largest absolute Gasteiger partial charge is 0.508 e. The Hall–Kier alpha value is -12.0. The van der Waals surface area contributed by atoms with Crippen LogP contribution in [-0.2, 0) is 96.0 Å². The number of amides is 14. The number of carboxylic acid groups (broad SMARTS) is 2. The fraction of sp³-hybridized carbons (Fsp3) is 0.590. The zero-order chi connectivity index (χ0) is 91.5. The Labute approximate surface area is 704 Å². The first-order chi connectivity index (χ1) is 57.4. The van der Waals surface area contributed by atoms with Crippen molar-refractivity contribution in [2.75, 3.05) is 26.3 Å². The number of nitrogens with zero attached hydrogens (tertiary/aromatic N) is 3. The van der Waals surface area contributed by atoms with Gasteiger partial charge in [0.25, 0.3) is 0 Å². The quantitative estimate of drug-likeness (QED) is 0.0142. The number of aromatic nitrogens is 2. The topological polar surface area (TPSA) is 714 Å². The Morgan fingerprint density at radius 2 is 0.959 bits per heavy atom. The molecule has 1 aliphatic rings. The van der Waals surface area contributed by atoms with Crippen LogP contribution in [0.3, 0.4) is 0 Å². The standard InChI is InChI=1S/C78H120N20O24/c1-11-39(6)59(73(117)96-61(42(9)102)75(119)97-62(43(10)103)77(121)122)94-70(114)51(28-38(4)5)89-68(112)53(31-46-33-82-36-84-46)87-63(107)40(7)85-66(110)50(27-37(2)3)88-69(113)54(32-58(105)106)90-71(115)55(34-99)92-65(109)49(19-15-25-83-78(80)81)86-72(116)57-20-16-26-98(57)76(120)56(35-100)93-67(111)52(30-44-17-13-12-14-18-44)91-74(118)60(41(8)101)95-64(108)48(79)29-45-21-23-47(104)24-22-45/h12-14,17-18,21-24,33,36-43,48-57,59-62,99-104H,11,15-16,19-20,25-32,34-35,79H2,1-10H3,(H,82,84)(H,85,110)(H,86,116)(H,87,107)(H,88,113)(H,89,112)(H,90,115)(H,91,118)(H,92,109)(H,93,111)(H,94,114)(H,95,108)(H,96,117)(H,97,119)(H,105,106)(H,121,122)(H4,80,81,83)/t39-,40-,41+,42+,43+,48-,49-,50-,51-,52-,53-,54-,55-,56-,57-,59-,60-,61-,62-/m0/s1. The molecule has 0 aliphatic carbocycles. The minimum Gasteiger partial charge on any atom is -0.508 e. The molecule has 0 radical (unpaired) electrons. The summed E-state index contributed by atoms with van der Waals surface area (Å²) in [6, 6.07) is -10.5. The van der Waals surface area contributed by atoms with E-state index < -0.39 is 235 Å². The smallest absolute Gasteiger partial charge is 0.328 e. The molecular formula is C78H120N20O24. The summed E-state index contributed by atoms with van der Waals surface area (Å²) in [5.41, 5.74) is 18.6. The van der Waals surface area contributed by atoms with Crippen molar-refractivity contribution in [3.05, 3.63) is 83.9 Å². The summed E-state index contributed by atoms with van der Waals surface area (Å²) in [5.74, 6) is -19.8. The van der Waals surface area contributed by atoms with E-state index in [1.54, 1.807) is 71.9 Å². The Morgan fingerprint density at radius 3 is 1.48 bits per heavy atom. The molecule has 28 N–H and O–H groups in total. The van der Waals surface area contributed by atoms with Crippen molar-refractivity contribution in [3.63, 3.8) is 0 Å². The number of aromatic amines is 1. The number of aliphatic carboxylic acids is 2.